The van der Waals surface area contributed by atoms with Gasteiger partial charge in [-0.15, -0.1) is 0 Å². The summed E-state index contributed by atoms with van der Waals surface area (Å²) in [6.45, 7) is 1.86. The first kappa shape index (κ1) is 10.2. The third-order valence-corrected chi connectivity index (χ3v) is 1.88. The summed E-state index contributed by atoms with van der Waals surface area (Å²) >= 11 is 0. The van der Waals surface area contributed by atoms with Gasteiger partial charge in [-0.3, -0.25) is 0 Å². The van der Waals surface area contributed by atoms with Gasteiger partial charge in [-0.2, -0.15) is 0 Å². The highest BCUT2D eigenvalue weighted by atomic mass is 19.1. The van der Waals surface area contributed by atoms with Gasteiger partial charge in [-0.25, -0.2) is 10.3 Å². The molecule has 5 heteroatoms. The molecule has 0 aliphatic rings. The van der Waals surface area contributed by atoms with E-state index in [-0.39, 0.29) is 5.82 Å². The first-order valence-electron chi connectivity index (χ1n) is 4.01. The lowest BCUT2D eigenvalue weighted by molar-refractivity contribution is 0.281. The Kier molecular flexibility index (Phi) is 3.42. The molecule has 0 unspecified atom stereocenters. The van der Waals surface area contributed by atoms with Crippen LogP contribution in [0.15, 0.2) is 18.2 Å². The van der Waals surface area contributed by atoms with Gasteiger partial charge < -0.3 is 9.78 Å². The van der Waals surface area contributed by atoms with Crippen molar-refractivity contribution in [2.75, 3.05) is 0 Å². The lowest BCUT2D eigenvalue weighted by Gasteiger charge is -2.08. The molecular weight excluding hydrogens is 172 g/mol. The quantitative estimate of drug-likeness (QED) is 0.510. The molecule has 0 bridgehead atoms. The van der Waals surface area contributed by atoms with Gasteiger partial charge in [0.25, 0.3) is 0 Å². The molecule has 0 aromatic heterocycles. The van der Waals surface area contributed by atoms with Crippen molar-refractivity contribution < 1.29 is 14.2 Å². The summed E-state index contributed by atoms with van der Waals surface area (Å²) in [4.78, 5) is 0. The molecule has 0 saturated heterocycles. The Labute approximate surface area is 76.4 Å². The molecule has 3 nitrogen and oxygen atoms in total. The summed E-state index contributed by atoms with van der Waals surface area (Å²) in [6, 6.07) is 4.08. The van der Waals surface area contributed by atoms with E-state index >= 15 is 0 Å². The molecule has 0 radical (unpaired) electrons. The third kappa shape index (κ3) is 2.27. The predicted molar refractivity (Wildman–Crippen MR) is 48.7 cm³/mol. The van der Waals surface area contributed by atoms with Crippen molar-refractivity contribution in [1.82, 2.24) is 0 Å². The van der Waals surface area contributed by atoms with Gasteiger partial charge in [0.1, 0.15) is 5.82 Å². The van der Waals surface area contributed by atoms with E-state index < -0.39 is 7.12 Å². The van der Waals surface area contributed by atoms with Crippen LogP contribution in [0.2, 0.25) is 0 Å². The largest absolute Gasteiger partial charge is 0.508 e. The molecule has 0 fully saturated rings. The summed E-state index contributed by atoms with van der Waals surface area (Å²) < 4.78 is 17.0. The van der Waals surface area contributed by atoms with E-state index in [9.17, 15) is 9.41 Å². The van der Waals surface area contributed by atoms with Crippen LogP contribution in [0.5, 0.6) is 0 Å². The molecule has 0 saturated carbocycles. The van der Waals surface area contributed by atoms with Crippen molar-refractivity contribution in [2.45, 2.75) is 13.3 Å². The Morgan fingerprint density at radius 2 is 2.31 bits per heavy atom. The molecule has 0 heterocycles. The average Bonchev–Trinajstić information content (AvgIpc) is 2.16. The molecule has 70 valence electrons. The summed E-state index contributed by atoms with van der Waals surface area (Å²) in [5.74, 6) is 4.49. The molecule has 1 rings (SSSR count). The van der Waals surface area contributed by atoms with E-state index in [4.69, 9.17) is 5.90 Å². The Morgan fingerprint density at radius 3 is 2.85 bits per heavy atom. The van der Waals surface area contributed by atoms with Gasteiger partial charge in [0.15, 0.2) is 0 Å². The minimum absolute atomic E-state index is 0.329. The molecule has 0 spiro atoms. The topological polar surface area (TPSA) is 55.5 Å². The Hall–Kier alpha value is -0.905. The fraction of sp³-hybridized carbons (Fsp3) is 0.250. The second kappa shape index (κ2) is 4.36. The molecule has 0 aliphatic carbocycles. The van der Waals surface area contributed by atoms with Crippen LogP contribution in [-0.4, -0.2) is 12.1 Å². The summed E-state index contributed by atoms with van der Waals surface area (Å²) in [5, 5.41) is 9.26. The summed E-state index contributed by atoms with van der Waals surface area (Å²) in [7, 11) is -1.18. The molecule has 0 atom stereocenters. The van der Waals surface area contributed by atoms with E-state index in [2.05, 4.69) is 4.76 Å². The Bertz CT molecular complexity index is 295. The summed E-state index contributed by atoms with van der Waals surface area (Å²) in [6.07, 6.45) is 0.619. The highest BCUT2D eigenvalue weighted by molar-refractivity contribution is 6.60. The second-order valence-electron chi connectivity index (χ2n) is 2.69. The van der Waals surface area contributed by atoms with Crippen molar-refractivity contribution in [3.63, 3.8) is 0 Å². The fourth-order valence-electron chi connectivity index (χ4n) is 1.19. The van der Waals surface area contributed by atoms with Crippen LogP contribution in [0.1, 0.15) is 12.5 Å². The van der Waals surface area contributed by atoms with Crippen LogP contribution >= 0.6 is 0 Å². The van der Waals surface area contributed by atoms with Crippen molar-refractivity contribution in [3.05, 3.63) is 29.6 Å². The zero-order valence-corrected chi connectivity index (χ0v) is 7.33. The van der Waals surface area contributed by atoms with Gasteiger partial charge in [0.05, 0.1) is 0 Å². The SMILES string of the molecule is CCc1cc(F)ccc1B(O)ON. The molecular formula is C8H11BFNO2. The lowest BCUT2D eigenvalue weighted by atomic mass is 9.76. The van der Waals surface area contributed by atoms with E-state index in [0.717, 1.165) is 0 Å². The van der Waals surface area contributed by atoms with E-state index in [1.54, 1.807) is 0 Å². The number of hydrogen-bond donors (Lipinski definition) is 2. The predicted octanol–water partition coefficient (Wildman–Crippen LogP) is -0.0341. The third-order valence-electron chi connectivity index (χ3n) is 1.88. The maximum atomic E-state index is 12.7. The van der Waals surface area contributed by atoms with Crippen LogP contribution in [0.25, 0.3) is 0 Å². The monoisotopic (exact) mass is 183 g/mol. The second-order valence-corrected chi connectivity index (χ2v) is 2.69. The van der Waals surface area contributed by atoms with Crippen LogP contribution in [0.4, 0.5) is 4.39 Å². The minimum atomic E-state index is -1.18. The first-order valence-corrected chi connectivity index (χ1v) is 4.01. The molecule has 1 aromatic carbocycles. The number of hydrogen-bond acceptors (Lipinski definition) is 3. The molecule has 0 aliphatic heterocycles. The van der Waals surface area contributed by atoms with Gasteiger partial charge in [0, 0.05) is 0 Å². The normalized spacial score (nSPS) is 10.2. The number of aryl methyl sites for hydroxylation is 1. The maximum absolute atomic E-state index is 12.7. The van der Waals surface area contributed by atoms with Gasteiger partial charge in [0.2, 0.25) is 0 Å². The molecule has 1 aromatic rings. The van der Waals surface area contributed by atoms with Gasteiger partial charge in [-0.05, 0) is 29.6 Å². The maximum Gasteiger partial charge on any atom is 0.508 e. The standard InChI is InChI=1S/C8H11BFNO2/c1-2-6-5-7(10)3-4-8(6)9(12)13-11/h3-5,12H,2,11H2,1H3. The highest BCUT2D eigenvalue weighted by Crippen LogP contribution is 2.03. The molecule has 0 amide bonds. The Balaban J connectivity index is 3.05. The lowest BCUT2D eigenvalue weighted by Crippen LogP contribution is -2.38. The average molecular weight is 183 g/mol. The van der Waals surface area contributed by atoms with Gasteiger partial charge >= 0.3 is 7.12 Å². The van der Waals surface area contributed by atoms with E-state index in [1.165, 1.54) is 18.2 Å². The van der Waals surface area contributed by atoms with E-state index in [1.807, 2.05) is 6.92 Å². The number of nitrogens with two attached hydrogens (primary N) is 1. The minimum Gasteiger partial charge on any atom is -0.422 e. The zero-order chi connectivity index (χ0) is 9.84. The molecule has 13 heavy (non-hydrogen) atoms. The van der Waals surface area contributed by atoms with E-state index in [0.29, 0.717) is 17.4 Å². The van der Waals surface area contributed by atoms with Crippen LogP contribution in [0, 0.1) is 5.82 Å². The number of benzene rings is 1. The van der Waals surface area contributed by atoms with Crippen LogP contribution in [0.3, 0.4) is 0 Å². The number of rotatable bonds is 3. The Morgan fingerprint density at radius 1 is 1.62 bits per heavy atom. The fourth-order valence-corrected chi connectivity index (χ4v) is 1.19. The van der Waals surface area contributed by atoms with Crippen molar-refractivity contribution in [2.24, 2.45) is 5.90 Å². The van der Waals surface area contributed by atoms with Crippen molar-refractivity contribution in [3.8, 4) is 0 Å². The van der Waals surface area contributed by atoms with Crippen molar-refractivity contribution in [1.29, 1.82) is 0 Å². The van der Waals surface area contributed by atoms with Crippen LogP contribution < -0.4 is 11.4 Å². The summed E-state index contributed by atoms with van der Waals surface area (Å²) in [5.41, 5.74) is 1.20. The van der Waals surface area contributed by atoms with Gasteiger partial charge in [-0.1, -0.05) is 13.0 Å². The van der Waals surface area contributed by atoms with Crippen molar-refractivity contribution >= 4 is 12.6 Å². The number of halogens is 1. The molecule has 3 N–H and O–H groups in total. The smallest absolute Gasteiger partial charge is 0.422 e. The van der Waals surface area contributed by atoms with Crippen LogP contribution in [-0.2, 0) is 11.2 Å². The zero-order valence-electron chi connectivity index (χ0n) is 7.33. The highest BCUT2D eigenvalue weighted by Gasteiger charge is 2.18. The first-order chi connectivity index (χ1) is 6.19.